The molecular weight excluding hydrogens is 401 g/mol. The quantitative estimate of drug-likeness (QED) is 0.705. The number of carboxylic acid groups (broad SMARTS) is 1. The number of halogens is 3. The van der Waals surface area contributed by atoms with Crippen molar-refractivity contribution in [2.24, 2.45) is 11.3 Å². The molecule has 166 valence electrons. The molecule has 1 spiro atoms. The maximum absolute atomic E-state index is 13.0. The lowest BCUT2D eigenvalue weighted by Gasteiger charge is -2.59. The molecule has 3 fully saturated rings. The van der Waals surface area contributed by atoms with Crippen molar-refractivity contribution >= 4 is 11.9 Å². The number of aliphatic hydroxyl groups is 1. The minimum atomic E-state index is -5.08. The molecule has 0 bridgehead atoms. The van der Waals surface area contributed by atoms with Crippen LogP contribution in [0.2, 0.25) is 0 Å². The second-order valence-corrected chi connectivity index (χ2v) is 8.24. The van der Waals surface area contributed by atoms with E-state index in [2.05, 4.69) is 34.1 Å². The van der Waals surface area contributed by atoms with Gasteiger partial charge in [0.15, 0.2) is 0 Å². The first-order valence-electron chi connectivity index (χ1n) is 10.2. The van der Waals surface area contributed by atoms with Crippen LogP contribution in [0.3, 0.4) is 0 Å². The number of nitrogens with zero attached hydrogens (tertiary/aromatic N) is 2. The van der Waals surface area contributed by atoms with Crippen molar-refractivity contribution < 1.29 is 33.0 Å². The Balaban J connectivity index is 0.000000318. The van der Waals surface area contributed by atoms with Crippen LogP contribution in [0.4, 0.5) is 13.2 Å². The van der Waals surface area contributed by atoms with Gasteiger partial charge in [0.25, 0.3) is 0 Å². The fourth-order valence-corrected chi connectivity index (χ4v) is 4.46. The molecule has 0 radical (unpaired) electrons. The van der Waals surface area contributed by atoms with E-state index in [1.165, 1.54) is 18.4 Å². The topological polar surface area (TPSA) is 81.1 Å². The molecule has 1 amide bonds. The summed E-state index contributed by atoms with van der Waals surface area (Å²) in [5, 5.41) is 16.3. The number of alkyl halides is 3. The fourth-order valence-electron chi connectivity index (χ4n) is 4.46. The summed E-state index contributed by atoms with van der Waals surface area (Å²) in [7, 11) is 0. The molecule has 2 heterocycles. The lowest BCUT2D eigenvalue weighted by atomic mass is 9.62. The van der Waals surface area contributed by atoms with Crippen LogP contribution in [-0.2, 0) is 9.59 Å². The van der Waals surface area contributed by atoms with Crippen molar-refractivity contribution in [3.8, 4) is 0 Å². The predicted molar refractivity (Wildman–Crippen MR) is 103 cm³/mol. The number of aliphatic hydroxyl groups excluding tert-OH is 1. The number of carboxylic acids is 1. The zero-order chi connectivity index (χ0) is 21.9. The molecule has 1 atom stereocenters. The van der Waals surface area contributed by atoms with E-state index in [9.17, 15) is 18.0 Å². The highest BCUT2D eigenvalue weighted by Crippen LogP contribution is 2.56. The zero-order valence-electron chi connectivity index (χ0n) is 16.6. The van der Waals surface area contributed by atoms with E-state index in [1.54, 1.807) is 0 Å². The van der Waals surface area contributed by atoms with Gasteiger partial charge in [0, 0.05) is 13.1 Å². The number of β-amino-alcohol motifs (C(OH)–C–C–N with tert-alkyl or cyclic N) is 1. The van der Waals surface area contributed by atoms with Crippen molar-refractivity contribution in [2.45, 2.75) is 37.9 Å². The van der Waals surface area contributed by atoms with Crippen molar-refractivity contribution in [1.29, 1.82) is 0 Å². The minimum Gasteiger partial charge on any atom is -0.475 e. The number of piperidine rings is 1. The number of hydrogen-bond acceptors (Lipinski definition) is 4. The third-order valence-electron chi connectivity index (χ3n) is 6.20. The van der Waals surface area contributed by atoms with Gasteiger partial charge in [-0.25, -0.2) is 4.79 Å². The maximum Gasteiger partial charge on any atom is 0.490 e. The van der Waals surface area contributed by atoms with Crippen molar-refractivity contribution in [2.75, 3.05) is 32.8 Å². The summed E-state index contributed by atoms with van der Waals surface area (Å²) in [5.41, 5.74) is 1.10. The fraction of sp³-hybridized carbons (Fsp3) is 0.619. The van der Waals surface area contributed by atoms with Gasteiger partial charge < -0.3 is 20.0 Å². The third-order valence-corrected chi connectivity index (χ3v) is 6.20. The van der Waals surface area contributed by atoms with Gasteiger partial charge >= 0.3 is 12.1 Å². The van der Waals surface area contributed by atoms with Gasteiger partial charge in [0.05, 0.1) is 18.1 Å². The lowest BCUT2D eigenvalue weighted by molar-refractivity contribution is -0.192. The number of amides is 1. The Labute approximate surface area is 173 Å². The Kier molecular flexibility index (Phi) is 6.71. The van der Waals surface area contributed by atoms with Gasteiger partial charge in [-0.15, -0.1) is 0 Å². The van der Waals surface area contributed by atoms with Gasteiger partial charge in [-0.3, -0.25) is 4.79 Å². The van der Waals surface area contributed by atoms with Gasteiger partial charge in [-0.05, 0) is 50.3 Å². The number of carbonyl (C=O) groups is 2. The first-order valence-corrected chi connectivity index (χ1v) is 10.2. The van der Waals surface area contributed by atoms with E-state index in [0.29, 0.717) is 5.91 Å². The first kappa shape index (κ1) is 22.6. The molecular formula is C21H27F3N2O4. The van der Waals surface area contributed by atoms with E-state index >= 15 is 0 Å². The largest absolute Gasteiger partial charge is 0.490 e. The highest BCUT2D eigenvalue weighted by atomic mass is 19.4. The van der Waals surface area contributed by atoms with E-state index in [1.807, 2.05) is 6.07 Å². The molecule has 6 nitrogen and oxygen atoms in total. The monoisotopic (exact) mass is 428 g/mol. The second-order valence-electron chi connectivity index (χ2n) is 8.24. The lowest BCUT2D eigenvalue weighted by Crippen LogP contribution is -2.66. The molecule has 4 rings (SSSR count). The third kappa shape index (κ3) is 4.78. The Morgan fingerprint density at radius 3 is 2.17 bits per heavy atom. The molecule has 1 aromatic carbocycles. The van der Waals surface area contributed by atoms with Crippen molar-refractivity contribution in [3.63, 3.8) is 0 Å². The smallest absolute Gasteiger partial charge is 0.475 e. The minimum absolute atomic E-state index is 0.192. The highest BCUT2D eigenvalue weighted by molar-refractivity contribution is 5.91. The normalized spacial score (nSPS) is 23.5. The first-order chi connectivity index (χ1) is 14.2. The molecule has 1 aliphatic carbocycles. The molecule has 1 aromatic rings. The van der Waals surface area contributed by atoms with Gasteiger partial charge in [0.1, 0.15) is 0 Å². The average Bonchev–Trinajstić information content (AvgIpc) is 3.53. The standard InChI is InChI=1S/C19H26N2O2.C2HF3O2/c22-13-12-20-10-8-19(9-11-20)17(16-4-2-1-3-5-16)21(18(19)23)14-15-6-7-15;3-2(4,5)1(6)7/h1-5,15,17,22H,6-14H2;(H,6,7). The summed E-state index contributed by atoms with van der Waals surface area (Å²) in [5.74, 6) is -1.65. The summed E-state index contributed by atoms with van der Waals surface area (Å²) in [6.07, 6.45) is -0.676. The molecule has 1 unspecified atom stereocenters. The number of carbonyl (C=O) groups excluding carboxylic acids is 1. The molecule has 2 N–H and O–H groups in total. The van der Waals surface area contributed by atoms with E-state index in [-0.39, 0.29) is 18.1 Å². The number of hydrogen-bond donors (Lipinski definition) is 2. The van der Waals surface area contributed by atoms with Gasteiger partial charge in [0.2, 0.25) is 5.91 Å². The summed E-state index contributed by atoms with van der Waals surface area (Å²) < 4.78 is 31.7. The summed E-state index contributed by atoms with van der Waals surface area (Å²) in [6, 6.07) is 10.8. The predicted octanol–water partition coefficient (Wildman–Crippen LogP) is 2.69. The Morgan fingerprint density at radius 1 is 1.13 bits per heavy atom. The second kappa shape index (κ2) is 8.93. The molecule has 0 aromatic heterocycles. The summed E-state index contributed by atoms with van der Waals surface area (Å²) >= 11 is 0. The van der Waals surface area contributed by atoms with Gasteiger partial charge in [-0.2, -0.15) is 13.2 Å². The van der Waals surface area contributed by atoms with Crippen LogP contribution in [0.15, 0.2) is 30.3 Å². The zero-order valence-corrected chi connectivity index (χ0v) is 16.6. The Bertz CT molecular complexity index is 744. The van der Waals surface area contributed by atoms with Crippen LogP contribution in [0.25, 0.3) is 0 Å². The summed E-state index contributed by atoms with van der Waals surface area (Å²) in [4.78, 5) is 26.3. The van der Waals surface area contributed by atoms with E-state index in [4.69, 9.17) is 15.0 Å². The average molecular weight is 428 g/mol. The molecule has 1 saturated carbocycles. The highest BCUT2D eigenvalue weighted by Gasteiger charge is 2.61. The Hall–Kier alpha value is -2.13. The maximum atomic E-state index is 13.0. The summed E-state index contributed by atoms with van der Waals surface area (Å²) in [6.45, 7) is 3.73. The van der Waals surface area contributed by atoms with Crippen molar-refractivity contribution in [3.05, 3.63) is 35.9 Å². The number of aliphatic carboxylic acids is 1. The molecule has 2 saturated heterocycles. The van der Waals surface area contributed by atoms with E-state index < -0.39 is 12.1 Å². The Morgan fingerprint density at radius 2 is 1.70 bits per heavy atom. The molecule has 3 aliphatic rings. The van der Waals surface area contributed by atoms with E-state index in [0.717, 1.165) is 44.9 Å². The number of benzene rings is 1. The van der Waals surface area contributed by atoms with Crippen molar-refractivity contribution in [1.82, 2.24) is 9.80 Å². The molecule has 30 heavy (non-hydrogen) atoms. The van der Waals surface area contributed by atoms with Crippen LogP contribution < -0.4 is 0 Å². The van der Waals surface area contributed by atoms with Gasteiger partial charge in [-0.1, -0.05) is 30.3 Å². The molecule has 2 aliphatic heterocycles. The van der Waals surface area contributed by atoms with Crippen LogP contribution in [-0.4, -0.2) is 70.9 Å². The number of rotatable bonds is 5. The van der Waals surface area contributed by atoms with Crippen LogP contribution in [0, 0.1) is 11.3 Å². The van der Waals surface area contributed by atoms with Crippen LogP contribution in [0.1, 0.15) is 37.3 Å². The number of β-lactam (4-membered cyclic amide) rings is 1. The number of likely N-dealkylation sites (tertiary alicyclic amines) is 2. The molecule has 9 heteroatoms. The van der Waals surface area contributed by atoms with Crippen LogP contribution in [0.5, 0.6) is 0 Å². The van der Waals surface area contributed by atoms with Crippen LogP contribution >= 0.6 is 0 Å². The SMILES string of the molecule is O=C(O)C(F)(F)F.O=C1N(CC2CC2)C(c2ccccc2)C12CCN(CCO)CC2.